The van der Waals surface area contributed by atoms with Crippen LogP contribution in [0.15, 0.2) is 84.9 Å². The minimum absolute atomic E-state index is 0.196. The lowest BCUT2D eigenvalue weighted by atomic mass is 9.89. The van der Waals surface area contributed by atoms with E-state index in [0.29, 0.717) is 0 Å². The summed E-state index contributed by atoms with van der Waals surface area (Å²) in [4.78, 5) is 0. The van der Waals surface area contributed by atoms with Crippen LogP contribution < -0.4 is 14.2 Å². The molecule has 0 atom stereocenters. The molecule has 0 saturated heterocycles. The average Bonchev–Trinajstić information content (AvgIpc) is 2.84. The summed E-state index contributed by atoms with van der Waals surface area (Å²) in [5.74, 6) is 2.42. The number of phenolic OH excluding ortho intramolecular Hbond substituents is 1. The predicted octanol–water partition coefficient (Wildman–Crippen LogP) is 6.42. The molecule has 0 aliphatic heterocycles. The van der Waals surface area contributed by atoms with Gasteiger partial charge in [0.1, 0.15) is 23.0 Å². The lowest BCUT2D eigenvalue weighted by Crippen LogP contribution is -1.93. The van der Waals surface area contributed by atoms with E-state index in [1.807, 2.05) is 84.9 Å². The SMILES string of the molecule is COc1ccc(-c2ccc(-c3ccccc3OC)c(-c3cccc(OC)c3)c2O)cc1. The molecule has 0 heterocycles. The second kappa shape index (κ2) is 8.84. The molecule has 0 aliphatic carbocycles. The number of hydrogen-bond acceptors (Lipinski definition) is 4. The van der Waals surface area contributed by atoms with Crippen LogP contribution in [0.4, 0.5) is 0 Å². The number of hydrogen-bond donors (Lipinski definition) is 1. The molecule has 0 radical (unpaired) electrons. The van der Waals surface area contributed by atoms with Crippen molar-refractivity contribution < 1.29 is 19.3 Å². The van der Waals surface area contributed by atoms with Crippen LogP contribution in [-0.2, 0) is 0 Å². The summed E-state index contributed by atoms with van der Waals surface area (Å²) in [6.45, 7) is 0. The molecular formula is C27H24O4. The fourth-order valence-electron chi connectivity index (χ4n) is 3.76. The van der Waals surface area contributed by atoms with Crippen LogP contribution in [0, 0.1) is 0 Å². The molecule has 1 N–H and O–H groups in total. The van der Waals surface area contributed by atoms with Gasteiger partial charge in [-0.3, -0.25) is 0 Å². The van der Waals surface area contributed by atoms with E-state index < -0.39 is 0 Å². The standard InChI is InChI=1S/C27H24O4/c1-29-20-13-11-18(12-14-20)22-15-16-24(23-9-4-5-10-25(23)31-3)26(27(22)28)19-7-6-8-21(17-19)30-2/h4-17,28H,1-3H3. The number of methoxy groups -OCH3 is 3. The van der Waals surface area contributed by atoms with Gasteiger partial charge in [-0.2, -0.15) is 0 Å². The highest BCUT2D eigenvalue weighted by atomic mass is 16.5. The van der Waals surface area contributed by atoms with Gasteiger partial charge in [-0.1, -0.05) is 48.5 Å². The molecule has 31 heavy (non-hydrogen) atoms. The van der Waals surface area contributed by atoms with E-state index in [2.05, 4.69) is 0 Å². The van der Waals surface area contributed by atoms with Gasteiger partial charge in [0.2, 0.25) is 0 Å². The zero-order chi connectivity index (χ0) is 21.8. The number of rotatable bonds is 6. The Morgan fingerprint density at radius 1 is 0.548 bits per heavy atom. The van der Waals surface area contributed by atoms with Crippen molar-refractivity contribution >= 4 is 0 Å². The van der Waals surface area contributed by atoms with Crippen molar-refractivity contribution in [2.24, 2.45) is 0 Å². The van der Waals surface area contributed by atoms with E-state index >= 15 is 0 Å². The molecular weight excluding hydrogens is 388 g/mol. The molecule has 0 unspecified atom stereocenters. The van der Waals surface area contributed by atoms with Gasteiger partial charge in [-0.05, 0) is 53.1 Å². The molecule has 4 nitrogen and oxygen atoms in total. The number of phenols is 1. The molecule has 4 aromatic carbocycles. The monoisotopic (exact) mass is 412 g/mol. The van der Waals surface area contributed by atoms with Gasteiger partial charge in [0, 0.05) is 16.7 Å². The van der Waals surface area contributed by atoms with E-state index in [0.717, 1.165) is 50.6 Å². The van der Waals surface area contributed by atoms with Gasteiger partial charge in [-0.25, -0.2) is 0 Å². The van der Waals surface area contributed by atoms with Crippen LogP contribution in [0.5, 0.6) is 23.0 Å². The lowest BCUT2D eigenvalue weighted by Gasteiger charge is -2.18. The maximum atomic E-state index is 11.5. The Labute approximate surface area is 182 Å². The van der Waals surface area contributed by atoms with Gasteiger partial charge in [0.15, 0.2) is 0 Å². The van der Waals surface area contributed by atoms with Gasteiger partial charge in [-0.15, -0.1) is 0 Å². The Bertz CT molecular complexity index is 1200. The van der Waals surface area contributed by atoms with E-state index in [4.69, 9.17) is 14.2 Å². The number of para-hydroxylation sites is 1. The minimum Gasteiger partial charge on any atom is -0.507 e. The van der Waals surface area contributed by atoms with E-state index in [1.54, 1.807) is 21.3 Å². The summed E-state index contributed by atoms with van der Waals surface area (Å²) in [6, 6.07) is 27.1. The van der Waals surface area contributed by atoms with Crippen LogP contribution in [0.25, 0.3) is 33.4 Å². The third-order valence-corrected chi connectivity index (χ3v) is 5.33. The van der Waals surface area contributed by atoms with Crippen LogP contribution in [0.1, 0.15) is 0 Å². The van der Waals surface area contributed by atoms with Gasteiger partial charge in [0.25, 0.3) is 0 Å². The number of benzene rings is 4. The molecule has 4 heteroatoms. The first-order chi connectivity index (χ1) is 15.2. The molecule has 0 amide bonds. The van der Waals surface area contributed by atoms with Crippen molar-refractivity contribution in [3.63, 3.8) is 0 Å². The van der Waals surface area contributed by atoms with Crippen molar-refractivity contribution in [3.05, 3.63) is 84.9 Å². The quantitative estimate of drug-likeness (QED) is 0.397. The smallest absolute Gasteiger partial charge is 0.131 e. The molecule has 0 spiro atoms. The predicted molar refractivity (Wildman–Crippen MR) is 124 cm³/mol. The summed E-state index contributed by atoms with van der Waals surface area (Å²) in [5.41, 5.74) is 4.98. The second-order valence-electron chi connectivity index (χ2n) is 7.05. The second-order valence-corrected chi connectivity index (χ2v) is 7.05. The molecule has 0 saturated carbocycles. The highest BCUT2D eigenvalue weighted by Gasteiger charge is 2.19. The van der Waals surface area contributed by atoms with Crippen molar-refractivity contribution in [1.29, 1.82) is 0 Å². The zero-order valence-electron chi connectivity index (χ0n) is 17.8. The topological polar surface area (TPSA) is 47.9 Å². The van der Waals surface area contributed by atoms with Crippen molar-refractivity contribution in [3.8, 4) is 56.4 Å². The van der Waals surface area contributed by atoms with Gasteiger partial charge in [0.05, 0.1) is 21.3 Å². The Kier molecular flexibility index (Phi) is 5.80. The Morgan fingerprint density at radius 2 is 1.26 bits per heavy atom. The fourth-order valence-corrected chi connectivity index (χ4v) is 3.76. The third-order valence-electron chi connectivity index (χ3n) is 5.33. The molecule has 0 aliphatic rings. The third kappa shape index (κ3) is 3.92. The first-order valence-electron chi connectivity index (χ1n) is 9.94. The van der Waals surface area contributed by atoms with Crippen molar-refractivity contribution in [2.75, 3.05) is 21.3 Å². The average molecular weight is 412 g/mol. The highest BCUT2D eigenvalue weighted by molar-refractivity contribution is 5.94. The maximum Gasteiger partial charge on any atom is 0.131 e. The summed E-state index contributed by atoms with van der Waals surface area (Å²) in [6.07, 6.45) is 0. The summed E-state index contributed by atoms with van der Waals surface area (Å²) in [5, 5.41) is 11.5. The van der Waals surface area contributed by atoms with Gasteiger partial charge < -0.3 is 19.3 Å². The molecule has 156 valence electrons. The Hall–Kier alpha value is -3.92. The molecule has 4 aromatic rings. The van der Waals surface area contributed by atoms with Crippen molar-refractivity contribution in [1.82, 2.24) is 0 Å². The highest BCUT2D eigenvalue weighted by Crippen LogP contribution is 2.47. The largest absolute Gasteiger partial charge is 0.507 e. The first kappa shape index (κ1) is 20.4. The van der Waals surface area contributed by atoms with Crippen LogP contribution >= 0.6 is 0 Å². The number of ether oxygens (including phenoxy) is 3. The first-order valence-corrected chi connectivity index (χ1v) is 9.94. The van der Waals surface area contributed by atoms with E-state index in [9.17, 15) is 5.11 Å². The Balaban J connectivity index is 1.98. The molecule has 0 aromatic heterocycles. The summed E-state index contributed by atoms with van der Waals surface area (Å²) in [7, 11) is 4.92. The number of aromatic hydroxyl groups is 1. The van der Waals surface area contributed by atoms with Crippen LogP contribution in [-0.4, -0.2) is 26.4 Å². The fraction of sp³-hybridized carbons (Fsp3) is 0.111. The molecule has 0 fully saturated rings. The zero-order valence-corrected chi connectivity index (χ0v) is 17.8. The summed E-state index contributed by atoms with van der Waals surface area (Å²) >= 11 is 0. The van der Waals surface area contributed by atoms with Crippen molar-refractivity contribution in [2.45, 2.75) is 0 Å². The van der Waals surface area contributed by atoms with E-state index in [1.165, 1.54) is 0 Å². The summed E-state index contributed by atoms with van der Waals surface area (Å²) < 4.78 is 16.3. The normalized spacial score (nSPS) is 10.5. The maximum absolute atomic E-state index is 11.5. The lowest BCUT2D eigenvalue weighted by molar-refractivity contribution is 0.414. The van der Waals surface area contributed by atoms with Crippen LogP contribution in [0.3, 0.4) is 0 Å². The molecule has 0 bridgehead atoms. The van der Waals surface area contributed by atoms with E-state index in [-0.39, 0.29) is 5.75 Å². The van der Waals surface area contributed by atoms with Crippen LogP contribution in [0.2, 0.25) is 0 Å². The van der Waals surface area contributed by atoms with Gasteiger partial charge >= 0.3 is 0 Å². The minimum atomic E-state index is 0.196. The Morgan fingerprint density at radius 3 is 1.97 bits per heavy atom. The molecule has 4 rings (SSSR count).